The highest BCUT2D eigenvalue weighted by molar-refractivity contribution is 4.93. The van der Waals surface area contributed by atoms with Crippen molar-refractivity contribution in [2.45, 2.75) is 50.7 Å². The maximum absolute atomic E-state index is 9.78. The standard InChI is InChI=1S/C12H18N2O3/c15-10(8-3-4-8)7-12-13-11(14-17-12)6-9-2-1-5-16-9/h8-10,15H,1-7H2. The molecule has 94 valence electrons. The summed E-state index contributed by atoms with van der Waals surface area (Å²) in [5.74, 6) is 1.70. The summed E-state index contributed by atoms with van der Waals surface area (Å²) in [7, 11) is 0. The summed E-state index contributed by atoms with van der Waals surface area (Å²) < 4.78 is 10.7. The Bertz CT molecular complexity index is 351. The molecule has 0 aromatic carbocycles. The van der Waals surface area contributed by atoms with Gasteiger partial charge in [-0.15, -0.1) is 0 Å². The molecule has 2 fully saturated rings. The summed E-state index contributed by atoms with van der Waals surface area (Å²) in [5, 5.41) is 13.7. The van der Waals surface area contributed by atoms with Crippen LogP contribution in [0.4, 0.5) is 0 Å². The minimum absolute atomic E-state index is 0.244. The third kappa shape index (κ3) is 2.84. The monoisotopic (exact) mass is 238 g/mol. The van der Waals surface area contributed by atoms with Gasteiger partial charge in [-0.25, -0.2) is 0 Å². The maximum atomic E-state index is 9.78. The fourth-order valence-corrected chi connectivity index (χ4v) is 2.29. The van der Waals surface area contributed by atoms with Gasteiger partial charge in [0.15, 0.2) is 5.82 Å². The Balaban J connectivity index is 1.53. The second-order valence-corrected chi connectivity index (χ2v) is 5.05. The molecule has 5 heteroatoms. The zero-order valence-corrected chi connectivity index (χ0v) is 9.84. The van der Waals surface area contributed by atoms with Crippen molar-refractivity contribution in [3.63, 3.8) is 0 Å². The first-order chi connectivity index (χ1) is 8.31. The van der Waals surface area contributed by atoms with Crippen LogP contribution in [0.15, 0.2) is 4.52 Å². The summed E-state index contributed by atoms with van der Waals surface area (Å²) in [6.45, 7) is 0.843. The topological polar surface area (TPSA) is 68.4 Å². The van der Waals surface area contributed by atoms with Crippen molar-refractivity contribution < 1.29 is 14.4 Å². The highest BCUT2D eigenvalue weighted by Crippen LogP contribution is 2.33. The van der Waals surface area contributed by atoms with Crippen molar-refractivity contribution in [2.24, 2.45) is 5.92 Å². The highest BCUT2D eigenvalue weighted by Gasteiger charge is 2.31. The van der Waals surface area contributed by atoms with E-state index in [4.69, 9.17) is 9.26 Å². The Morgan fingerprint density at radius 2 is 2.24 bits per heavy atom. The molecule has 3 rings (SSSR count). The van der Waals surface area contributed by atoms with Crippen LogP contribution in [-0.2, 0) is 17.6 Å². The molecule has 0 spiro atoms. The van der Waals surface area contributed by atoms with Gasteiger partial charge in [0.2, 0.25) is 5.89 Å². The normalized spacial score (nSPS) is 26.3. The molecule has 1 saturated carbocycles. The van der Waals surface area contributed by atoms with E-state index in [0.717, 1.165) is 38.7 Å². The molecule has 1 aliphatic heterocycles. The van der Waals surface area contributed by atoms with Gasteiger partial charge in [-0.2, -0.15) is 4.98 Å². The van der Waals surface area contributed by atoms with Crippen LogP contribution in [0.1, 0.15) is 37.4 Å². The van der Waals surface area contributed by atoms with Crippen molar-refractivity contribution in [1.29, 1.82) is 0 Å². The smallest absolute Gasteiger partial charge is 0.229 e. The van der Waals surface area contributed by atoms with E-state index in [9.17, 15) is 5.11 Å². The second kappa shape index (κ2) is 4.74. The molecule has 1 aromatic rings. The van der Waals surface area contributed by atoms with Gasteiger partial charge in [0.05, 0.1) is 18.6 Å². The lowest BCUT2D eigenvalue weighted by molar-refractivity contribution is 0.109. The number of hydrogen-bond donors (Lipinski definition) is 1. The SMILES string of the molecule is OC(Cc1nc(CC2CCCO2)no1)C1CC1. The molecule has 0 radical (unpaired) electrons. The number of rotatable bonds is 5. The minimum Gasteiger partial charge on any atom is -0.392 e. The lowest BCUT2D eigenvalue weighted by atomic mass is 10.1. The van der Waals surface area contributed by atoms with Crippen LogP contribution in [0, 0.1) is 5.92 Å². The summed E-state index contributed by atoms with van der Waals surface area (Å²) in [5.41, 5.74) is 0. The van der Waals surface area contributed by atoms with Crippen LogP contribution < -0.4 is 0 Å². The van der Waals surface area contributed by atoms with Crippen LogP contribution in [0.3, 0.4) is 0 Å². The van der Waals surface area contributed by atoms with Crippen LogP contribution in [0.2, 0.25) is 0 Å². The zero-order chi connectivity index (χ0) is 11.7. The average Bonchev–Trinajstić information content (AvgIpc) is 2.89. The lowest BCUT2D eigenvalue weighted by Gasteiger charge is -2.04. The minimum atomic E-state index is -0.314. The molecule has 1 aliphatic carbocycles. The predicted molar refractivity (Wildman–Crippen MR) is 59.4 cm³/mol. The Morgan fingerprint density at radius 3 is 2.94 bits per heavy atom. The van der Waals surface area contributed by atoms with Gasteiger partial charge in [0.25, 0.3) is 0 Å². The summed E-state index contributed by atoms with van der Waals surface area (Å²) in [4.78, 5) is 4.31. The summed E-state index contributed by atoms with van der Waals surface area (Å²) in [6, 6.07) is 0. The number of ether oxygens (including phenoxy) is 1. The van der Waals surface area contributed by atoms with E-state index >= 15 is 0 Å². The van der Waals surface area contributed by atoms with Crippen molar-refractivity contribution in [3.05, 3.63) is 11.7 Å². The molecule has 1 saturated heterocycles. The largest absolute Gasteiger partial charge is 0.392 e. The van der Waals surface area contributed by atoms with Crippen LogP contribution >= 0.6 is 0 Å². The fourth-order valence-electron chi connectivity index (χ4n) is 2.29. The van der Waals surface area contributed by atoms with Crippen LogP contribution in [0.5, 0.6) is 0 Å². The molecule has 5 nitrogen and oxygen atoms in total. The van der Waals surface area contributed by atoms with Gasteiger partial charge >= 0.3 is 0 Å². The van der Waals surface area contributed by atoms with Gasteiger partial charge < -0.3 is 14.4 Å². The fraction of sp³-hybridized carbons (Fsp3) is 0.833. The molecule has 2 atom stereocenters. The van der Waals surface area contributed by atoms with E-state index in [1.165, 1.54) is 0 Å². The molecule has 2 heterocycles. The summed E-state index contributed by atoms with van der Waals surface area (Å²) >= 11 is 0. The molecule has 0 amide bonds. The average molecular weight is 238 g/mol. The van der Waals surface area contributed by atoms with E-state index < -0.39 is 0 Å². The molecule has 1 aromatic heterocycles. The Labute approximate surface area is 100 Å². The van der Waals surface area contributed by atoms with Crippen LogP contribution in [0.25, 0.3) is 0 Å². The second-order valence-electron chi connectivity index (χ2n) is 5.05. The maximum Gasteiger partial charge on any atom is 0.229 e. The van der Waals surface area contributed by atoms with E-state index in [1.54, 1.807) is 0 Å². The number of aliphatic hydroxyl groups is 1. The quantitative estimate of drug-likeness (QED) is 0.832. The Kier molecular flexibility index (Phi) is 3.11. The van der Waals surface area contributed by atoms with Gasteiger partial charge in [-0.3, -0.25) is 0 Å². The number of aliphatic hydroxyl groups excluding tert-OH is 1. The molecule has 0 bridgehead atoms. The van der Waals surface area contributed by atoms with E-state index in [1.807, 2.05) is 0 Å². The number of aromatic nitrogens is 2. The third-order valence-electron chi connectivity index (χ3n) is 3.49. The molecule has 17 heavy (non-hydrogen) atoms. The lowest BCUT2D eigenvalue weighted by Crippen LogP contribution is -2.13. The molecular weight excluding hydrogens is 220 g/mol. The Morgan fingerprint density at radius 1 is 1.35 bits per heavy atom. The molecule has 2 aliphatic rings. The Hall–Kier alpha value is -0.940. The first-order valence-electron chi connectivity index (χ1n) is 6.42. The third-order valence-corrected chi connectivity index (χ3v) is 3.49. The summed E-state index contributed by atoms with van der Waals surface area (Å²) in [6.07, 6.45) is 5.59. The predicted octanol–water partition coefficient (Wildman–Crippen LogP) is 1.10. The van der Waals surface area contributed by atoms with Crippen molar-refractivity contribution in [1.82, 2.24) is 10.1 Å². The van der Waals surface area contributed by atoms with Crippen molar-refractivity contribution in [3.8, 4) is 0 Å². The van der Waals surface area contributed by atoms with E-state index in [2.05, 4.69) is 10.1 Å². The first-order valence-corrected chi connectivity index (χ1v) is 6.42. The zero-order valence-electron chi connectivity index (χ0n) is 9.84. The van der Waals surface area contributed by atoms with Gasteiger partial charge in [0, 0.05) is 13.0 Å². The van der Waals surface area contributed by atoms with Crippen molar-refractivity contribution in [2.75, 3.05) is 6.61 Å². The van der Waals surface area contributed by atoms with E-state index in [-0.39, 0.29) is 12.2 Å². The highest BCUT2D eigenvalue weighted by atomic mass is 16.5. The molecular formula is C12H18N2O3. The van der Waals surface area contributed by atoms with Gasteiger partial charge in [0.1, 0.15) is 0 Å². The van der Waals surface area contributed by atoms with Gasteiger partial charge in [-0.05, 0) is 31.6 Å². The molecule has 1 N–H and O–H groups in total. The number of hydrogen-bond acceptors (Lipinski definition) is 5. The number of nitrogens with zero attached hydrogens (tertiary/aromatic N) is 2. The van der Waals surface area contributed by atoms with Crippen LogP contribution in [-0.4, -0.2) is 34.1 Å². The van der Waals surface area contributed by atoms with E-state index in [0.29, 0.717) is 24.1 Å². The molecule has 2 unspecified atom stereocenters. The van der Waals surface area contributed by atoms with Crippen molar-refractivity contribution >= 4 is 0 Å². The van der Waals surface area contributed by atoms with Gasteiger partial charge in [-0.1, -0.05) is 5.16 Å². The first kappa shape index (κ1) is 11.2.